The van der Waals surface area contributed by atoms with Crippen molar-refractivity contribution in [3.05, 3.63) is 193 Å². The fourth-order valence-electron chi connectivity index (χ4n) is 8.89. The standard InChI is InChI=1S/C49H30S/c1-2-16-31-30(14-1)15-13-27-32(31)39-28-29-42(34-18-4-3-17-33(34)39)45-46-40-23-9-5-19-35(40)37-21-7-11-25-43(37)48(46)50-49-44-26-12-8-22-38(44)36-20-6-10-24-41(36)47(45)49/h1-29,45H. The molecule has 0 spiro atoms. The summed E-state index contributed by atoms with van der Waals surface area (Å²) >= 11 is 1.98. The fourth-order valence-corrected chi connectivity index (χ4v) is 10.3. The van der Waals surface area contributed by atoms with Crippen molar-refractivity contribution in [1.29, 1.82) is 0 Å². The largest absolute Gasteiger partial charge is 0.0881 e. The summed E-state index contributed by atoms with van der Waals surface area (Å²) in [4.78, 5) is 2.75. The third-order valence-corrected chi connectivity index (χ3v) is 12.3. The first-order chi connectivity index (χ1) is 24.8. The van der Waals surface area contributed by atoms with Gasteiger partial charge in [0.15, 0.2) is 0 Å². The van der Waals surface area contributed by atoms with Crippen LogP contribution in [0.4, 0.5) is 0 Å². The van der Waals surface area contributed by atoms with Crippen LogP contribution < -0.4 is 0 Å². The molecule has 0 aliphatic carbocycles. The second kappa shape index (κ2) is 10.8. The summed E-state index contributed by atoms with van der Waals surface area (Å²) in [7, 11) is 0. The number of rotatable bonds is 2. The van der Waals surface area contributed by atoms with Gasteiger partial charge in [0.2, 0.25) is 0 Å². The van der Waals surface area contributed by atoms with Gasteiger partial charge in [0.1, 0.15) is 0 Å². The first-order valence-corrected chi connectivity index (χ1v) is 18.2. The average molecular weight is 651 g/mol. The molecule has 0 saturated heterocycles. The van der Waals surface area contributed by atoms with Crippen molar-refractivity contribution in [3.63, 3.8) is 0 Å². The monoisotopic (exact) mass is 650 g/mol. The Morgan fingerprint density at radius 2 is 0.680 bits per heavy atom. The first kappa shape index (κ1) is 28.0. The fraction of sp³-hybridized carbons (Fsp3) is 0.0204. The van der Waals surface area contributed by atoms with Gasteiger partial charge in [-0.25, -0.2) is 0 Å². The van der Waals surface area contributed by atoms with E-state index < -0.39 is 0 Å². The van der Waals surface area contributed by atoms with Crippen LogP contribution in [0.25, 0.3) is 75.8 Å². The molecule has 0 N–H and O–H groups in total. The lowest BCUT2D eigenvalue weighted by molar-refractivity contribution is 0.948. The molecule has 1 aliphatic heterocycles. The normalized spacial score (nSPS) is 13.0. The molecule has 0 aromatic heterocycles. The Bertz CT molecular complexity index is 2890. The topological polar surface area (TPSA) is 0 Å². The Labute approximate surface area is 294 Å². The van der Waals surface area contributed by atoms with E-state index in [1.54, 1.807) is 0 Å². The van der Waals surface area contributed by atoms with Gasteiger partial charge in [-0.2, -0.15) is 0 Å². The molecule has 232 valence electrons. The zero-order valence-electron chi connectivity index (χ0n) is 27.2. The van der Waals surface area contributed by atoms with Gasteiger partial charge in [0.05, 0.1) is 0 Å². The van der Waals surface area contributed by atoms with Gasteiger partial charge in [-0.15, -0.1) is 0 Å². The van der Waals surface area contributed by atoms with Gasteiger partial charge in [0.25, 0.3) is 0 Å². The zero-order chi connectivity index (χ0) is 32.8. The summed E-state index contributed by atoms with van der Waals surface area (Å²) in [5, 5.41) is 15.7. The molecule has 0 unspecified atom stereocenters. The molecule has 0 atom stereocenters. The van der Waals surface area contributed by atoms with Crippen molar-refractivity contribution < 1.29 is 0 Å². The second-order valence-electron chi connectivity index (χ2n) is 13.5. The second-order valence-corrected chi connectivity index (χ2v) is 14.5. The molecule has 1 aliphatic rings. The number of hydrogen-bond donors (Lipinski definition) is 0. The van der Waals surface area contributed by atoms with E-state index in [0.29, 0.717) is 0 Å². The van der Waals surface area contributed by atoms with Crippen LogP contribution in [0.5, 0.6) is 0 Å². The van der Waals surface area contributed by atoms with E-state index in [9.17, 15) is 0 Å². The van der Waals surface area contributed by atoms with E-state index in [-0.39, 0.29) is 5.92 Å². The molecule has 0 saturated carbocycles. The lowest BCUT2D eigenvalue weighted by Gasteiger charge is -2.34. The van der Waals surface area contributed by atoms with Crippen molar-refractivity contribution >= 4 is 76.4 Å². The van der Waals surface area contributed by atoms with E-state index in [1.165, 1.54) is 102 Å². The van der Waals surface area contributed by atoms with E-state index in [0.717, 1.165) is 0 Å². The zero-order valence-corrected chi connectivity index (χ0v) is 28.0. The maximum absolute atomic E-state index is 2.45. The number of benzene rings is 10. The molecular weight excluding hydrogens is 621 g/mol. The Kier molecular flexibility index (Phi) is 6.05. The van der Waals surface area contributed by atoms with Crippen LogP contribution in [0.15, 0.2) is 186 Å². The molecular formula is C49H30S. The minimum atomic E-state index is 0.0247. The molecule has 0 fully saturated rings. The summed E-state index contributed by atoms with van der Waals surface area (Å²) in [5.74, 6) is 0.0247. The Hall–Kier alpha value is -5.89. The van der Waals surface area contributed by atoms with Crippen LogP contribution in [-0.2, 0) is 0 Å². The molecule has 10 aromatic carbocycles. The highest BCUT2D eigenvalue weighted by molar-refractivity contribution is 8.00. The van der Waals surface area contributed by atoms with Crippen molar-refractivity contribution in [1.82, 2.24) is 0 Å². The maximum atomic E-state index is 2.45. The van der Waals surface area contributed by atoms with Gasteiger partial charge >= 0.3 is 0 Å². The summed E-state index contributed by atoms with van der Waals surface area (Å²) in [5.41, 5.74) is 6.74. The van der Waals surface area contributed by atoms with Crippen molar-refractivity contribution in [2.75, 3.05) is 0 Å². The van der Waals surface area contributed by atoms with E-state index >= 15 is 0 Å². The smallest absolute Gasteiger partial charge is 0.0381 e. The van der Waals surface area contributed by atoms with Crippen molar-refractivity contribution in [2.45, 2.75) is 15.7 Å². The molecule has 10 aromatic rings. The molecule has 0 amide bonds. The predicted molar refractivity (Wildman–Crippen MR) is 215 cm³/mol. The van der Waals surface area contributed by atoms with Crippen molar-refractivity contribution in [2.24, 2.45) is 0 Å². The van der Waals surface area contributed by atoms with Crippen LogP contribution in [-0.4, -0.2) is 0 Å². The van der Waals surface area contributed by atoms with Crippen LogP contribution in [0, 0.1) is 0 Å². The minimum Gasteiger partial charge on any atom is -0.0881 e. The predicted octanol–water partition coefficient (Wildman–Crippen LogP) is 13.9. The summed E-state index contributed by atoms with van der Waals surface area (Å²) in [6.45, 7) is 0. The Balaban J connectivity index is 1.32. The SMILES string of the molecule is c1ccc2c(-c3ccc(C4c5c(c6ccccc6c6ccccc56)Sc5c4c4ccccc4c4ccccc54)c4ccccc34)cccc2c1. The van der Waals surface area contributed by atoms with Crippen LogP contribution >= 0.6 is 11.8 Å². The number of fused-ring (bicyclic) bond motifs is 14. The molecule has 0 radical (unpaired) electrons. The average Bonchev–Trinajstić information content (AvgIpc) is 3.20. The van der Waals surface area contributed by atoms with E-state index in [1.807, 2.05) is 11.8 Å². The van der Waals surface area contributed by atoms with Gasteiger partial charge < -0.3 is 0 Å². The molecule has 50 heavy (non-hydrogen) atoms. The highest BCUT2D eigenvalue weighted by Crippen LogP contribution is 2.58. The quantitative estimate of drug-likeness (QED) is 0.168. The van der Waals surface area contributed by atoms with Gasteiger partial charge in [0, 0.05) is 15.7 Å². The summed E-state index contributed by atoms with van der Waals surface area (Å²) < 4.78 is 0. The highest BCUT2D eigenvalue weighted by Gasteiger charge is 2.35. The van der Waals surface area contributed by atoms with Gasteiger partial charge in [-0.1, -0.05) is 188 Å². The van der Waals surface area contributed by atoms with Crippen LogP contribution in [0.1, 0.15) is 22.6 Å². The summed E-state index contributed by atoms with van der Waals surface area (Å²) in [6.07, 6.45) is 0. The molecule has 11 rings (SSSR count). The molecule has 1 heterocycles. The lowest BCUT2D eigenvalue weighted by Crippen LogP contribution is -2.13. The van der Waals surface area contributed by atoms with Crippen LogP contribution in [0.3, 0.4) is 0 Å². The highest BCUT2D eigenvalue weighted by atomic mass is 32.2. The number of hydrogen-bond acceptors (Lipinski definition) is 1. The molecule has 1 heteroatoms. The summed E-state index contributed by atoms with van der Waals surface area (Å²) in [6, 6.07) is 65.6. The van der Waals surface area contributed by atoms with E-state index in [4.69, 9.17) is 0 Å². The van der Waals surface area contributed by atoms with Crippen molar-refractivity contribution in [3.8, 4) is 11.1 Å². The maximum Gasteiger partial charge on any atom is 0.0381 e. The third kappa shape index (κ3) is 3.90. The van der Waals surface area contributed by atoms with Crippen LogP contribution in [0.2, 0.25) is 0 Å². The molecule has 0 bridgehead atoms. The Morgan fingerprint density at radius 3 is 1.26 bits per heavy atom. The molecule has 0 nitrogen and oxygen atoms in total. The third-order valence-electron chi connectivity index (χ3n) is 11.0. The van der Waals surface area contributed by atoms with E-state index in [2.05, 4.69) is 176 Å². The first-order valence-electron chi connectivity index (χ1n) is 17.4. The minimum absolute atomic E-state index is 0.0247. The Morgan fingerprint density at radius 1 is 0.280 bits per heavy atom. The lowest BCUT2D eigenvalue weighted by atomic mass is 9.76. The van der Waals surface area contributed by atoms with Gasteiger partial charge in [-0.3, -0.25) is 0 Å². The van der Waals surface area contributed by atoms with Gasteiger partial charge in [-0.05, 0) is 92.5 Å².